The Bertz CT molecular complexity index is 1740. The van der Waals surface area contributed by atoms with E-state index in [1.165, 1.54) is 27.6 Å². The van der Waals surface area contributed by atoms with E-state index in [2.05, 4.69) is 18.1 Å². The van der Waals surface area contributed by atoms with Crippen LogP contribution in [0.3, 0.4) is 0 Å². The summed E-state index contributed by atoms with van der Waals surface area (Å²) in [5.41, 5.74) is 7.04. The van der Waals surface area contributed by atoms with Crippen LogP contribution in [0.25, 0.3) is 16.8 Å². The Kier molecular flexibility index (Phi) is 6.87. The minimum absolute atomic E-state index is 0.0133. The Morgan fingerprint density at radius 3 is 2.52 bits per heavy atom. The summed E-state index contributed by atoms with van der Waals surface area (Å²) >= 11 is 0. The lowest BCUT2D eigenvalue weighted by Gasteiger charge is -2.30. The Morgan fingerprint density at radius 2 is 1.77 bits per heavy atom. The number of benzene rings is 3. The lowest BCUT2D eigenvalue weighted by atomic mass is 9.80. The van der Waals surface area contributed by atoms with E-state index in [0.717, 1.165) is 41.8 Å². The van der Waals surface area contributed by atoms with E-state index in [9.17, 15) is 18.1 Å². The minimum atomic E-state index is -3.94. The number of allylic oxidation sites excluding steroid dienone is 1. The molecule has 1 heterocycles. The van der Waals surface area contributed by atoms with Crippen molar-refractivity contribution in [1.29, 1.82) is 5.26 Å². The van der Waals surface area contributed by atoms with E-state index in [1.54, 1.807) is 24.3 Å². The highest BCUT2D eigenvalue weighted by atomic mass is 32.2. The second-order valence-electron chi connectivity index (χ2n) is 10.4. The Balaban J connectivity index is 1.31. The average molecular weight is 553 g/mol. The number of hydrogen-bond donors (Lipinski definition) is 0. The molecule has 2 atom stereocenters. The molecule has 8 heteroatoms. The zero-order valence-electron chi connectivity index (χ0n) is 22.2. The molecular formula is C32H29FN4O2S. The topological polar surface area (TPSA) is 79.0 Å². The number of rotatable bonds is 7. The monoisotopic (exact) mass is 552 g/mol. The first-order chi connectivity index (χ1) is 19.4. The van der Waals surface area contributed by atoms with Gasteiger partial charge in [-0.05, 0) is 54.7 Å². The highest BCUT2D eigenvalue weighted by Crippen LogP contribution is 2.47. The lowest BCUT2D eigenvalue weighted by Crippen LogP contribution is -2.36. The van der Waals surface area contributed by atoms with Crippen molar-refractivity contribution >= 4 is 10.0 Å². The summed E-state index contributed by atoms with van der Waals surface area (Å²) in [6.45, 7) is 2.19. The zero-order chi connectivity index (χ0) is 27.9. The van der Waals surface area contributed by atoms with Gasteiger partial charge in [0.2, 0.25) is 10.0 Å². The third-order valence-corrected chi connectivity index (χ3v) is 10.1. The molecule has 0 saturated heterocycles. The van der Waals surface area contributed by atoms with Crippen molar-refractivity contribution in [2.45, 2.75) is 37.0 Å². The van der Waals surface area contributed by atoms with Crippen LogP contribution in [0.1, 0.15) is 36.9 Å². The number of fused-ring (bicyclic) bond motifs is 1. The summed E-state index contributed by atoms with van der Waals surface area (Å²) in [7, 11) is -3.94. The molecule has 40 heavy (non-hydrogen) atoms. The molecule has 0 bridgehead atoms. The molecule has 6 rings (SSSR count). The molecular weight excluding hydrogens is 523 g/mol. The van der Waals surface area contributed by atoms with Crippen LogP contribution in [0.2, 0.25) is 0 Å². The molecule has 3 aromatic carbocycles. The maximum absolute atomic E-state index is 14.0. The van der Waals surface area contributed by atoms with Crippen LogP contribution in [0, 0.1) is 23.1 Å². The molecule has 0 spiro atoms. The molecule has 2 aliphatic carbocycles. The van der Waals surface area contributed by atoms with Crippen molar-refractivity contribution in [2.75, 3.05) is 13.1 Å². The number of nitrogens with zero attached hydrogens (tertiary/aromatic N) is 4. The van der Waals surface area contributed by atoms with E-state index >= 15 is 0 Å². The standard InChI is InChI=1S/C32H29FN4O2S/c1-22-29-20-35-37(27-15-13-26(33)14-16-27)30(29)19-24-11-12-25(32(22)24)21-36(18-17-34)40(38,39)31-10-6-5-9-28(31)23-7-3-2-4-8-23/h2-10,13-16,20,22,25H,11-12,18-19,21H2,1H3/t22-,25+/m0/s1. The van der Waals surface area contributed by atoms with Crippen molar-refractivity contribution < 1.29 is 12.8 Å². The first kappa shape index (κ1) is 26.2. The molecule has 1 aromatic heterocycles. The Morgan fingerprint density at radius 1 is 1.05 bits per heavy atom. The van der Waals surface area contributed by atoms with E-state index < -0.39 is 10.0 Å². The van der Waals surface area contributed by atoms with Gasteiger partial charge in [0, 0.05) is 30.0 Å². The van der Waals surface area contributed by atoms with Crippen molar-refractivity contribution in [3.63, 3.8) is 0 Å². The van der Waals surface area contributed by atoms with Crippen molar-refractivity contribution in [2.24, 2.45) is 5.92 Å². The third-order valence-electron chi connectivity index (χ3n) is 8.19. The number of aromatic nitrogens is 2. The molecule has 0 N–H and O–H groups in total. The smallest absolute Gasteiger partial charge is 0.237 e. The number of nitriles is 1. The van der Waals surface area contributed by atoms with Crippen molar-refractivity contribution in [3.8, 4) is 22.9 Å². The van der Waals surface area contributed by atoms with Gasteiger partial charge in [0.05, 0.1) is 28.5 Å². The van der Waals surface area contributed by atoms with E-state index in [4.69, 9.17) is 0 Å². The Hall–Kier alpha value is -4.06. The van der Waals surface area contributed by atoms with E-state index in [0.29, 0.717) is 5.56 Å². The average Bonchev–Trinajstić information content (AvgIpc) is 3.59. The van der Waals surface area contributed by atoms with Gasteiger partial charge in [-0.15, -0.1) is 0 Å². The van der Waals surface area contributed by atoms with Crippen LogP contribution in [0.15, 0.2) is 101 Å². The molecule has 6 nitrogen and oxygen atoms in total. The van der Waals surface area contributed by atoms with Crippen molar-refractivity contribution in [1.82, 2.24) is 14.1 Å². The van der Waals surface area contributed by atoms with Gasteiger partial charge in [0.1, 0.15) is 12.4 Å². The van der Waals surface area contributed by atoms with Crippen LogP contribution in [-0.4, -0.2) is 35.6 Å². The summed E-state index contributed by atoms with van der Waals surface area (Å²) in [5.74, 6) is -0.201. The molecule has 4 aromatic rings. The maximum Gasteiger partial charge on any atom is 0.244 e. The van der Waals surface area contributed by atoms with Gasteiger partial charge in [-0.25, -0.2) is 17.5 Å². The molecule has 0 radical (unpaired) electrons. The Labute approximate surface area is 234 Å². The van der Waals surface area contributed by atoms with E-state index in [-0.39, 0.29) is 35.6 Å². The summed E-state index contributed by atoms with van der Waals surface area (Å²) in [4.78, 5) is 0.211. The summed E-state index contributed by atoms with van der Waals surface area (Å²) in [6.07, 6.45) is 4.31. The predicted octanol–water partition coefficient (Wildman–Crippen LogP) is 6.26. The first-order valence-electron chi connectivity index (χ1n) is 13.4. The van der Waals surface area contributed by atoms with Gasteiger partial charge in [0.25, 0.3) is 0 Å². The summed E-state index contributed by atoms with van der Waals surface area (Å²) in [6, 6.07) is 24.9. The largest absolute Gasteiger partial charge is 0.244 e. The molecule has 0 amide bonds. The fraction of sp³-hybridized carbons (Fsp3) is 0.250. The van der Waals surface area contributed by atoms with Crippen LogP contribution < -0.4 is 0 Å². The number of hydrogen-bond acceptors (Lipinski definition) is 4. The quantitative estimate of drug-likeness (QED) is 0.200. The number of sulfonamides is 1. The van der Waals surface area contributed by atoms with Gasteiger partial charge in [-0.3, -0.25) is 0 Å². The summed E-state index contributed by atoms with van der Waals surface area (Å²) < 4.78 is 44.8. The van der Waals surface area contributed by atoms with Crippen LogP contribution in [0.4, 0.5) is 4.39 Å². The highest BCUT2D eigenvalue weighted by Gasteiger charge is 2.39. The lowest BCUT2D eigenvalue weighted by molar-refractivity contribution is 0.383. The predicted molar refractivity (Wildman–Crippen MR) is 152 cm³/mol. The van der Waals surface area contributed by atoms with Gasteiger partial charge in [0.15, 0.2) is 0 Å². The van der Waals surface area contributed by atoms with Gasteiger partial charge < -0.3 is 0 Å². The van der Waals surface area contributed by atoms with Crippen molar-refractivity contribution in [3.05, 3.63) is 113 Å². The molecule has 202 valence electrons. The normalized spacial score (nSPS) is 18.4. The van der Waals surface area contributed by atoms with Crippen LogP contribution in [-0.2, 0) is 16.4 Å². The van der Waals surface area contributed by atoms with Crippen LogP contribution in [0.5, 0.6) is 0 Å². The first-order valence-corrected chi connectivity index (χ1v) is 14.9. The summed E-state index contributed by atoms with van der Waals surface area (Å²) in [5, 5.41) is 14.3. The SMILES string of the molecule is C[C@@H]1C2=C(CC[C@@H]2CN(CC#N)S(=O)(=O)c2ccccc2-c2ccccc2)Cc2c1cnn2-c1ccc(F)cc1. The second-order valence-corrected chi connectivity index (χ2v) is 12.4. The molecule has 0 fully saturated rings. The second kappa shape index (κ2) is 10.5. The van der Waals surface area contributed by atoms with Gasteiger partial charge in [-0.2, -0.15) is 14.7 Å². The molecule has 0 unspecified atom stereocenters. The minimum Gasteiger partial charge on any atom is -0.237 e. The maximum atomic E-state index is 14.0. The molecule has 0 saturated carbocycles. The third kappa shape index (κ3) is 4.55. The fourth-order valence-corrected chi connectivity index (χ4v) is 7.93. The van der Waals surface area contributed by atoms with Gasteiger partial charge >= 0.3 is 0 Å². The van der Waals surface area contributed by atoms with Gasteiger partial charge in [-0.1, -0.05) is 66.6 Å². The zero-order valence-corrected chi connectivity index (χ0v) is 23.0. The highest BCUT2D eigenvalue weighted by molar-refractivity contribution is 7.89. The fourth-order valence-electron chi connectivity index (χ4n) is 6.34. The van der Waals surface area contributed by atoms with E-state index in [1.807, 2.05) is 53.3 Å². The molecule has 2 aliphatic rings. The molecule has 0 aliphatic heterocycles. The number of halogens is 1. The van der Waals surface area contributed by atoms with Crippen LogP contribution >= 0.6 is 0 Å².